The van der Waals surface area contributed by atoms with Crippen LogP contribution in [0.3, 0.4) is 0 Å². The molecule has 6 rings (SSSR count). The molecule has 2 bridgehead atoms. The van der Waals surface area contributed by atoms with E-state index in [4.69, 9.17) is 5.11 Å². The van der Waals surface area contributed by atoms with Crippen molar-refractivity contribution in [2.75, 3.05) is 6.54 Å². The van der Waals surface area contributed by atoms with Crippen LogP contribution in [-0.2, 0) is 14.4 Å². The van der Waals surface area contributed by atoms with E-state index < -0.39 is 5.97 Å². The molecular formula is C20H18N2O5S3. The number of carboxylic acid groups (broad SMARTS) is 1. The number of hydrogen-bond acceptors (Lipinski definition) is 7. The number of likely N-dealkylation sites (tertiary alicyclic amines) is 1. The summed E-state index contributed by atoms with van der Waals surface area (Å²) < 4.78 is 0. The number of aromatic amines is 1. The third-order valence-corrected chi connectivity index (χ3v) is 10.8. The van der Waals surface area contributed by atoms with Gasteiger partial charge in [0, 0.05) is 27.5 Å². The fraction of sp³-hybridized carbons (Fsp3) is 0.500. The molecule has 10 heteroatoms. The highest BCUT2D eigenvalue weighted by Crippen LogP contribution is 2.68. The molecule has 156 valence electrons. The molecule has 2 aliphatic carbocycles. The number of fused-ring (bicyclic) bond motifs is 9. The molecule has 1 saturated heterocycles. The van der Waals surface area contributed by atoms with E-state index in [0.717, 1.165) is 16.3 Å². The number of thiazole rings is 1. The highest BCUT2D eigenvalue weighted by Gasteiger charge is 2.69. The second-order valence-corrected chi connectivity index (χ2v) is 11.6. The maximum atomic E-state index is 13.2. The predicted molar refractivity (Wildman–Crippen MR) is 112 cm³/mol. The van der Waals surface area contributed by atoms with E-state index in [2.05, 4.69) is 11.1 Å². The molecule has 0 radical (unpaired) electrons. The molecule has 30 heavy (non-hydrogen) atoms. The number of hydrogen-bond donors (Lipinski definition) is 2. The largest absolute Gasteiger partial charge is 0.481 e. The quantitative estimate of drug-likeness (QED) is 0.676. The van der Waals surface area contributed by atoms with Gasteiger partial charge in [-0.2, -0.15) is 0 Å². The van der Waals surface area contributed by atoms with Crippen molar-refractivity contribution in [3.8, 4) is 0 Å². The second kappa shape index (κ2) is 6.54. The lowest BCUT2D eigenvalue weighted by Gasteiger charge is -2.42. The van der Waals surface area contributed by atoms with Gasteiger partial charge in [-0.15, -0.1) is 23.1 Å². The van der Waals surface area contributed by atoms with Crippen molar-refractivity contribution in [2.45, 2.75) is 29.0 Å². The minimum absolute atomic E-state index is 0.0447. The third-order valence-electron chi connectivity index (χ3n) is 7.21. The summed E-state index contributed by atoms with van der Waals surface area (Å²) >= 11 is 4.60. The van der Waals surface area contributed by atoms with Crippen LogP contribution in [0.4, 0.5) is 0 Å². The molecule has 2 aliphatic heterocycles. The summed E-state index contributed by atoms with van der Waals surface area (Å²) in [7, 11) is 0. The molecule has 4 aliphatic rings. The van der Waals surface area contributed by atoms with E-state index >= 15 is 0 Å². The van der Waals surface area contributed by atoms with Crippen LogP contribution in [0, 0.1) is 29.6 Å². The maximum Gasteiger partial charge on any atom is 0.305 e. The Balaban J connectivity index is 1.40. The Kier molecular flexibility index (Phi) is 4.11. The first-order valence-electron chi connectivity index (χ1n) is 9.95. The number of nitrogens with one attached hydrogen (secondary N) is 1. The Bertz CT molecular complexity index is 1120. The van der Waals surface area contributed by atoms with E-state index in [0.29, 0.717) is 0 Å². The number of amides is 2. The van der Waals surface area contributed by atoms with Crippen LogP contribution in [0.5, 0.6) is 0 Å². The number of thioether (sulfide) groups is 1. The lowest BCUT2D eigenvalue weighted by molar-refractivity contribution is -0.142. The molecule has 2 N–H and O–H groups in total. The Morgan fingerprint density at radius 2 is 1.97 bits per heavy atom. The molecule has 7 nitrogen and oxygen atoms in total. The predicted octanol–water partition coefficient (Wildman–Crippen LogP) is 2.45. The maximum absolute atomic E-state index is 13.2. The molecule has 2 amide bonds. The molecule has 0 aromatic carbocycles. The number of aliphatic carboxylic acids is 1. The van der Waals surface area contributed by atoms with Gasteiger partial charge in [0.1, 0.15) is 0 Å². The average molecular weight is 463 g/mol. The summed E-state index contributed by atoms with van der Waals surface area (Å²) in [6, 6.07) is 4.11. The van der Waals surface area contributed by atoms with E-state index in [-0.39, 0.29) is 70.4 Å². The number of H-pyrrole nitrogens is 1. The summed E-state index contributed by atoms with van der Waals surface area (Å²) in [5.74, 6) is -1.65. The fourth-order valence-electron chi connectivity index (χ4n) is 6.29. The summed E-state index contributed by atoms with van der Waals surface area (Å²) in [6.07, 6.45) is 0.632. The molecule has 2 aromatic rings. The standard InChI is InChI=1S/C20H18N2O5S3/c23-10(24)3-4-22-18(25)12-7-6-8(13(12)19(22)26)15-11(7)14(9-2-1-5-28-9)16-17(29-15)21-20(27)30-16/h1-2,5,7-8,11-15H,3-4,6H2,(H,21,27)(H,23,24)/t7-,8-,11-,12+,13-,14-,15-/m1/s1. The zero-order chi connectivity index (χ0) is 20.7. The number of nitrogens with zero attached hydrogens (tertiary/aromatic N) is 1. The van der Waals surface area contributed by atoms with Gasteiger partial charge < -0.3 is 10.1 Å². The van der Waals surface area contributed by atoms with E-state index in [1.54, 1.807) is 23.1 Å². The number of carboxylic acids is 1. The van der Waals surface area contributed by atoms with Crippen molar-refractivity contribution in [1.29, 1.82) is 0 Å². The van der Waals surface area contributed by atoms with Gasteiger partial charge in [-0.25, -0.2) is 0 Å². The van der Waals surface area contributed by atoms with Gasteiger partial charge in [0.05, 0.1) is 23.3 Å². The van der Waals surface area contributed by atoms with E-state index in [1.807, 2.05) is 11.4 Å². The van der Waals surface area contributed by atoms with Gasteiger partial charge in [0.2, 0.25) is 11.8 Å². The van der Waals surface area contributed by atoms with E-state index in [1.165, 1.54) is 21.1 Å². The van der Waals surface area contributed by atoms with Crippen LogP contribution in [0.15, 0.2) is 27.3 Å². The van der Waals surface area contributed by atoms with Gasteiger partial charge in [0.25, 0.3) is 0 Å². The van der Waals surface area contributed by atoms with Crippen molar-refractivity contribution in [3.63, 3.8) is 0 Å². The molecule has 4 heterocycles. The van der Waals surface area contributed by atoms with Crippen molar-refractivity contribution >= 4 is 52.2 Å². The highest BCUT2D eigenvalue weighted by molar-refractivity contribution is 8.00. The van der Waals surface area contributed by atoms with Gasteiger partial charge in [-0.05, 0) is 35.6 Å². The zero-order valence-corrected chi connectivity index (χ0v) is 18.1. The SMILES string of the molecule is O=C(O)CCN1C(=O)[C@@H]2[C@H]3C[C@@H]([C@@H]2C1=O)[C@@H]1[C@@H](c2cccs2)c2sc(=O)[nH]c2S[C@H]31. The van der Waals surface area contributed by atoms with Gasteiger partial charge >= 0.3 is 10.8 Å². The van der Waals surface area contributed by atoms with Crippen molar-refractivity contribution < 1.29 is 19.5 Å². The summed E-state index contributed by atoms with van der Waals surface area (Å²) in [5.41, 5.74) is 0. The van der Waals surface area contributed by atoms with Crippen molar-refractivity contribution in [2.24, 2.45) is 29.6 Å². The van der Waals surface area contributed by atoms with Crippen LogP contribution in [0.1, 0.15) is 28.5 Å². The first-order chi connectivity index (χ1) is 14.5. The number of rotatable bonds is 4. The topological polar surface area (TPSA) is 108 Å². The first-order valence-corrected chi connectivity index (χ1v) is 12.5. The fourth-order valence-corrected chi connectivity index (χ4v) is 10.1. The lowest BCUT2D eigenvalue weighted by Crippen LogP contribution is -2.42. The second-order valence-electron chi connectivity index (χ2n) is 8.45. The van der Waals surface area contributed by atoms with Crippen LogP contribution in [0.25, 0.3) is 0 Å². The number of aromatic nitrogens is 1. The number of thiophene rings is 1. The summed E-state index contributed by atoms with van der Waals surface area (Å²) in [5, 5.41) is 12.1. The Hall–Kier alpha value is -1.91. The summed E-state index contributed by atoms with van der Waals surface area (Å²) in [6.45, 7) is -0.0447. The van der Waals surface area contributed by atoms with Crippen LogP contribution in [0.2, 0.25) is 0 Å². The molecule has 0 spiro atoms. The number of imide groups is 1. The Morgan fingerprint density at radius 3 is 2.67 bits per heavy atom. The number of carbonyl (C=O) groups is 3. The summed E-state index contributed by atoms with van der Waals surface area (Å²) in [4.78, 5) is 55.7. The molecule has 0 unspecified atom stereocenters. The minimum atomic E-state index is -1.01. The van der Waals surface area contributed by atoms with Crippen LogP contribution < -0.4 is 4.87 Å². The van der Waals surface area contributed by atoms with Crippen molar-refractivity contribution in [1.82, 2.24) is 9.88 Å². The van der Waals surface area contributed by atoms with E-state index in [9.17, 15) is 19.2 Å². The molecule has 2 aromatic heterocycles. The average Bonchev–Trinajstić information content (AvgIpc) is 3.48. The lowest BCUT2D eigenvalue weighted by atomic mass is 9.69. The highest BCUT2D eigenvalue weighted by atomic mass is 32.2. The third kappa shape index (κ3) is 2.44. The van der Waals surface area contributed by atoms with Gasteiger partial charge in [-0.3, -0.25) is 24.1 Å². The molecular weight excluding hydrogens is 444 g/mol. The molecule has 3 fully saturated rings. The monoisotopic (exact) mass is 462 g/mol. The van der Waals surface area contributed by atoms with Gasteiger partial charge in [-0.1, -0.05) is 17.4 Å². The number of carbonyl (C=O) groups excluding carboxylic acids is 2. The Labute approximate surface area is 183 Å². The van der Waals surface area contributed by atoms with Crippen LogP contribution in [-0.4, -0.2) is 44.6 Å². The van der Waals surface area contributed by atoms with Gasteiger partial charge in [0.15, 0.2) is 0 Å². The van der Waals surface area contributed by atoms with Crippen LogP contribution >= 0.6 is 34.4 Å². The first kappa shape index (κ1) is 18.8. The molecule has 2 saturated carbocycles. The smallest absolute Gasteiger partial charge is 0.305 e. The molecule has 7 atom stereocenters. The van der Waals surface area contributed by atoms with Crippen molar-refractivity contribution in [3.05, 3.63) is 36.9 Å². The normalized spacial score (nSPS) is 36.1. The zero-order valence-electron chi connectivity index (χ0n) is 15.6. The Morgan fingerprint density at radius 1 is 1.20 bits per heavy atom. The minimum Gasteiger partial charge on any atom is -0.481 e.